The third kappa shape index (κ3) is 5.30. The summed E-state index contributed by atoms with van der Waals surface area (Å²) in [5.41, 5.74) is 9.37. The first kappa shape index (κ1) is 31.2. The second kappa shape index (κ2) is 11.2. The van der Waals surface area contributed by atoms with Crippen LogP contribution in [0.15, 0.2) is 93.1 Å². The molecule has 2 heteroatoms. The molecule has 2 heterocycles. The Morgan fingerprint density at radius 1 is 0.550 bits per heavy atom. The number of benzene rings is 2. The summed E-state index contributed by atoms with van der Waals surface area (Å²) >= 11 is 0. The van der Waals surface area contributed by atoms with E-state index in [0.29, 0.717) is 17.2 Å². The molecule has 0 aromatic heterocycles. The molecule has 2 aliphatic rings. The summed E-state index contributed by atoms with van der Waals surface area (Å²) < 4.78 is 0. The molecule has 0 nitrogen and oxygen atoms in total. The summed E-state index contributed by atoms with van der Waals surface area (Å²) in [7, 11) is 1.41. The molecular weight excluding hydrogens is 518 g/mol. The predicted octanol–water partition coefficient (Wildman–Crippen LogP) is 12.7. The van der Waals surface area contributed by atoms with Gasteiger partial charge in [0.05, 0.1) is 0 Å². The first-order valence-electron chi connectivity index (χ1n) is 15.2. The van der Waals surface area contributed by atoms with Crippen molar-refractivity contribution in [2.75, 3.05) is 0 Å². The molecule has 0 N–H and O–H groups in total. The van der Waals surface area contributed by atoms with Crippen LogP contribution in [0.25, 0.3) is 11.1 Å². The van der Waals surface area contributed by atoms with Gasteiger partial charge in [0.15, 0.2) is 0 Å². The molecular formula is C38H52P2. The van der Waals surface area contributed by atoms with E-state index in [1.807, 2.05) is 0 Å². The fourth-order valence-electron chi connectivity index (χ4n) is 6.69. The molecule has 2 aliphatic heterocycles. The molecule has 0 fully saturated rings. The summed E-state index contributed by atoms with van der Waals surface area (Å²) in [4.78, 5) is 0. The predicted molar refractivity (Wildman–Crippen MR) is 184 cm³/mol. The van der Waals surface area contributed by atoms with E-state index in [2.05, 4.69) is 144 Å². The van der Waals surface area contributed by atoms with Gasteiger partial charge in [-0.05, 0) is 81.0 Å². The first-order chi connectivity index (χ1) is 18.6. The Balaban J connectivity index is 2.01. The molecule has 0 amide bonds. The highest BCUT2D eigenvalue weighted by molar-refractivity contribution is 7.55. The van der Waals surface area contributed by atoms with E-state index in [-0.39, 0.29) is 21.7 Å². The van der Waals surface area contributed by atoms with Crippen LogP contribution in [0, 0.1) is 21.7 Å². The third-order valence-electron chi connectivity index (χ3n) is 9.80. The van der Waals surface area contributed by atoms with Crippen molar-refractivity contribution < 1.29 is 0 Å². The fourth-order valence-corrected chi connectivity index (χ4v) is 11.0. The van der Waals surface area contributed by atoms with Crippen LogP contribution in [-0.4, -0.2) is 0 Å². The van der Waals surface area contributed by atoms with E-state index in [4.69, 9.17) is 0 Å². The van der Waals surface area contributed by atoms with Gasteiger partial charge in [-0.2, -0.15) is 0 Å². The number of hydrogen-bond donors (Lipinski definition) is 0. The van der Waals surface area contributed by atoms with Crippen LogP contribution in [0.5, 0.6) is 0 Å². The van der Waals surface area contributed by atoms with Crippen LogP contribution in [0.1, 0.15) is 107 Å². The Morgan fingerprint density at radius 3 is 1.10 bits per heavy atom. The normalized spacial score (nSPS) is 26.0. The number of hydrogen-bond acceptors (Lipinski definition) is 0. The molecule has 214 valence electrons. The van der Waals surface area contributed by atoms with Gasteiger partial charge in [-0.25, -0.2) is 0 Å². The van der Waals surface area contributed by atoms with Gasteiger partial charge in [-0.3, -0.25) is 0 Å². The van der Waals surface area contributed by atoms with Crippen LogP contribution >= 0.6 is 17.2 Å². The van der Waals surface area contributed by atoms with Crippen LogP contribution in [0.3, 0.4) is 0 Å². The molecule has 4 unspecified atom stereocenters. The molecule has 0 saturated heterocycles. The molecule has 0 bridgehead atoms. The maximum atomic E-state index is 2.52. The van der Waals surface area contributed by atoms with Gasteiger partial charge in [0.25, 0.3) is 0 Å². The highest BCUT2D eigenvalue weighted by Crippen LogP contribution is 2.69. The molecule has 4 atom stereocenters. The minimum Gasteiger partial charge on any atom is -0.0642 e. The van der Waals surface area contributed by atoms with Crippen molar-refractivity contribution in [1.82, 2.24) is 0 Å². The van der Waals surface area contributed by atoms with Crippen molar-refractivity contribution in [1.29, 1.82) is 0 Å². The molecule has 0 saturated carbocycles. The van der Waals surface area contributed by atoms with Crippen molar-refractivity contribution in [2.24, 2.45) is 21.7 Å². The minimum atomic E-state index is 0.0102. The molecule has 0 spiro atoms. The van der Waals surface area contributed by atoms with Gasteiger partial charge in [-0.15, -0.1) is 0 Å². The monoisotopic (exact) mass is 570 g/mol. The van der Waals surface area contributed by atoms with E-state index in [0.717, 1.165) is 12.8 Å². The summed E-state index contributed by atoms with van der Waals surface area (Å²) in [6.07, 6.45) is 2.21. The summed E-state index contributed by atoms with van der Waals surface area (Å²) in [6, 6.07) is 22.5. The summed E-state index contributed by atoms with van der Waals surface area (Å²) in [5.74, 6) is 0. The Morgan fingerprint density at radius 2 is 0.850 bits per heavy atom. The average Bonchev–Trinajstić information content (AvgIpc) is 2.91. The van der Waals surface area contributed by atoms with Gasteiger partial charge in [0.1, 0.15) is 0 Å². The van der Waals surface area contributed by atoms with E-state index in [1.54, 1.807) is 43.5 Å². The van der Waals surface area contributed by atoms with Crippen LogP contribution in [0.2, 0.25) is 0 Å². The van der Waals surface area contributed by atoms with Crippen molar-refractivity contribution in [3.8, 4) is 0 Å². The lowest BCUT2D eigenvalue weighted by Crippen LogP contribution is -2.29. The number of allylic oxidation sites excluding steroid dienone is 8. The lowest BCUT2D eigenvalue weighted by Gasteiger charge is -2.48. The lowest BCUT2D eigenvalue weighted by molar-refractivity contribution is 0.476. The largest absolute Gasteiger partial charge is 0.0642 e. The van der Waals surface area contributed by atoms with Gasteiger partial charge < -0.3 is 0 Å². The van der Waals surface area contributed by atoms with E-state index < -0.39 is 0 Å². The fraction of sp³-hybridized carbons (Fsp3) is 0.474. The topological polar surface area (TPSA) is 0 Å². The van der Waals surface area contributed by atoms with Crippen molar-refractivity contribution in [3.05, 3.63) is 104 Å². The zero-order valence-electron chi connectivity index (χ0n) is 27.2. The highest BCUT2D eigenvalue weighted by atomic mass is 31.1. The lowest BCUT2D eigenvalue weighted by atomic mass is 9.67. The van der Waals surface area contributed by atoms with Gasteiger partial charge in [0.2, 0.25) is 0 Å². The second-order valence-corrected chi connectivity index (χ2v) is 16.9. The van der Waals surface area contributed by atoms with Crippen LogP contribution in [-0.2, 0) is 0 Å². The Hall–Kier alpha value is -1.74. The second-order valence-electron chi connectivity index (χ2n) is 14.4. The van der Waals surface area contributed by atoms with Crippen molar-refractivity contribution >= 4 is 28.3 Å². The van der Waals surface area contributed by atoms with Gasteiger partial charge >= 0.3 is 0 Å². The summed E-state index contributed by atoms with van der Waals surface area (Å²) in [6.45, 7) is 29.4. The van der Waals surface area contributed by atoms with Crippen LogP contribution in [0.4, 0.5) is 0 Å². The van der Waals surface area contributed by atoms with Crippen molar-refractivity contribution in [3.63, 3.8) is 0 Å². The molecule has 0 aliphatic carbocycles. The molecule has 2 aromatic rings. The zero-order valence-corrected chi connectivity index (χ0v) is 29.2. The Labute approximate surface area is 249 Å². The zero-order chi connectivity index (χ0) is 29.7. The molecule has 4 rings (SSSR count). The Bertz CT molecular complexity index is 1280. The molecule has 40 heavy (non-hydrogen) atoms. The van der Waals surface area contributed by atoms with E-state index in [1.165, 1.54) is 11.1 Å². The molecule has 0 radical (unpaired) electrons. The van der Waals surface area contributed by atoms with E-state index in [9.17, 15) is 0 Å². The quantitative estimate of drug-likeness (QED) is 0.314. The smallest absolute Gasteiger partial charge is 0.0147 e. The average molecular weight is 571 g/mol. The standard InChI is InChI=1S/C38H52P2/c1-13-37(11)25(3)31(39-33(35(5,6)7)29(37)27-21-17-15-18-22-27)32-26(4)38(12,14-2)30(28-23-19-16-20-24-28)34(40-32)36(8,9)10/h15-24,39-40H,13-14H2,1-12H3. The maximum absolute atomic E-state index is 2.52. The number of rotatable bonds is 5. The van der Waals surface area contributed by atoms with Gasteiger partial charge in [-0.1, -0.05) is 158 Å². The van der Waals surface area contributed by atoms with Gasteiger partial charge in [0, 0.05) is 10.8 Å². The first-order valence-corrected chi connectivity index (χ1v) is 17.2. The molecule has 2 aromatic carbocycles. The third-order valence-corrected chi connectivity index (χ3v) is 14.3. The minimum absolute atomic E-state index is 0.0102. The maximum Gasteiger partial charge on any atom is 0.0147 e. The van der Waals surface area contributed by atoms with E-state index >= 15 is 0 Å². The highest BCUT2D eigenvalue weighted by Gasteiger charge is 2.45. The van der Waals surface area contributed by atoms with Crippen LogP contribution < -0.4 is 0 Å². The Kier molecular flexibility index (Phi) is 8.70. The SMILES string of the molecule is CCC1(C)C(C)=C(C2=C(C)C(C)(CC)C(c3ccccc3)=C(C(C)(C)C)P2)PC(C(C)(C)C)=C1c1ccccc1. The van der Waals surface area contributed by atoms with Crippen molar-refractivity contribution in [2.45, 2.75) is 95.9 Å². The summed E-state index contributed by atoms with van der Waals surface area (Å²) in [5, 5.41) is 6.58.